The van der Waals surface area contributed by atoms with Gasteiger partial charge in [0, 0.05) is 17.5 Å². The summed E-state index contributed by atoms with van der Waals surface area (Å²) in [5, 5.41) is 8.55. The van der Waals surface area contributed by atoms with Crippen molar-refractivity contribution < 1.29 is 9.90 Å². The van der Waals surface area contributed by atoms with Gasteiger partial charge in [-0.15, -0.1) is 0 Å². The van der Waals surface area contributed by atoms with Crippen molar-refractivity contribution >= 4 is 5.78 Å². The molecule has 14 heavy (non-hydrogen) atoms. The van der Waals surface area contributed by atoms with E-state index in [0.29, 0.717) is 12.0 Å². The molecule has 1 N–H and O–H groups in total. The Kier molecular flexibility index (Phi) is 3.90. The molecular weight excluding hydrogens is 176 g/mol. The molecule has 0 saturated carbocycles. The monoisotopic (exact) mass is 188 g/mol. The molecule has 0 aliphatic heterocycles. The van der Waals surface area contributed by atoms with Crippen LogP contribution in [0.4, 0.5) is 0 Å². The quantitative estimate of drug-likeness (QED) is 0.565. The maximum absolute atomic E-state index is 11.2. The molecule has 2 heteroatoms. The van der Waals surface area contributed by atoms with Gasteiger partial charge in [0.1, 0.15) is 0 Å². The Bertz CT molecular complexity index is 383. The van der Waals surface area contributed by atoms with E-state index in [4.69, 9.17) is 5.11 Å². The Labute approximate surface area is 83.6 Å². The second kappa shape index (κ2) is 5.21. The number of carbonyl (C=O) groups is 1. The zero-order chi connectivity index (χ0) is 10.4. The average molecular weight is 188 g/mol. The van der Waals surface area contributed by atoms with E-state index in [9.17, 15) is 4.79 Å². The number of carbonyl (C=O) groups excluding carboxylic acids is 1. The summed E-state index contributed by atoms with van der Waals surface area (Å²) in [6.45, 7) is 1.57. The number of hydrogen-bond acceptors (Lipinski definition) is 2. The highest BCUT2D eigenvalue weighted by Crippen LogP contribution is 2.07. The van der Waals surface area contributed by atoms with Gasteiger partial charge in [-0.25, -0.2) is 0 Å². The number of ketones is 1. The van der Waals surface area contributed by atoms with Crippen molar-refractivity contribution in [1.82, 2.24) is 0 Å². The van der Waals surface area contributed by atoms with E-state index < -0.39 is 0 Å². The summed E-state index contributed by atoms with van der Waals surface area (Å²) in [7, 11) is 0. The van der Waals surface area contributed by atoms with Crippen molar-refractivity contribution in [2.45, 2.75) is 13.3 Å². The standard InChI is InChI=1S/C12H12O2/c1-10(14)12-8-3-2-6-11(12)7-4-5-9-13/h2-3,6,8,13H,5,9H2,1H3. The lowest BCUT2D eigenvalue weighted by Crippen LogP contribution is -1.95. The van der Waals surface area contributed by atoms with Gasteiger partial charge in [0.2, 0.25) is 0 Å². The highest BCUT2D eigenvalue weighted by Gasteiger charge is 2.02. The highest BCUT2D eigenvalue weighted by atomic mass is 16.2. The van der Waals surface area contributed by atoms with Crippen LogP contribution in [0.25, 0.3) is 0 Å². The lowest BCUT2D eigenvalue weighted by atomic mass is 10.0. The maximum Gasteiger partial charge on any atom is 0.161 e. The van der Waals surface area contributed by atoms with Gasteiger partial charge in [-0.05, 0) is 13.0 Å². The molecule has 2 nitrogen and oxygen atoms in total. The van der Waals surface area contributed by atoms with E-state index in [1.807, 2.05) is 12.1 Å². The molecular formula is C12H12O2. The zero-order valence-electron chi connectivity index (χ0n) is 8.08. The smallest absolute Gasteiger partial charge is 0.161 e. The summed E-state index contributed by atoms with van der Waals surface area (Å²) in [4.78, 5) is 11.2. The van der Waals surface area contributed by atoms with Crippen molar-refractivity contribution in [3.8, 4) is 11.8 Å². The number of aliphatic hydroxyl groups is 1. The molecule has 0 unspecified atom stereocenters. The largest absolute Gasteiger partial charge is 0.395 e. The summed E-state index contributed by atoms with van der Waals surface area (Å²) in [5.41, 5.74) is 1.37. The summed E-state index contributed by atoms with van der Waals surface area (Å²) in [6, 6.07) is 7.22. The van der Waals surface area contributed by atoms with Crippen LogP contribution in [0.3, 0.4) is 0 Å². The number of hydrogen-bond donors (Lipinski definition) is 1. The van der Waals surface area contributed by atoms with Crippen molar-refractivity contribution in [3.05, 3.63) is 35.4 Å². The Morgan fingerprint density at radius 2 is 2.14 bits per heavy atom. The van der Waals surface area contributed by atoms with Gasteiger partial charge in [-0.2, -0.15) is 0 Å². The van der Waals surface area contributed by atoms with Gasteiger partial charge in [-0.3, -0.25) is 4.79 Å². The van der Waals surface area contributed by atoms with Crippen LogP contribution >= 0.6 is 0 Å². The fourth-order valence-corrected chi connectivity index (χ4v) is 1.11. The van der Waals surface area contributed by atoms with Gasteiger partial charge < -0.3 is 5.11 Å². The van der Waals surface area contributed by atoms with Crippen LogP contribution in [0, 0.1) is 11.8 Å². The fourth-order valence-electron chi connectivity index (χ4n) is 1.11. The Balaban J connectivity index is 2.97. The number of benzene rings is 1. The van der Waals surface area contributed by atoms with Crippen LogP contribution in [0.5, 0.6) is 0 Å². The van der Waals surface area contributed by atoms with Crippen LogP contribution < -0.4 is 0 Å². The van der Waals surface area contributed by atoms with Crippen molar-refractivity contribution in [2.24, 2.45) is 0 Å². The molecule has 0 aliphatic carbocycles. The van der Waals surface area contributed by atoms with E-state index >= 15 is 0 Å². The third-order valence-electron chi connectivity index (χ3n) is 1.77. The molecule has 0 aromatic heterocycles. The number of Topliss-reactive ketones (excluding diaryl/α,β-unsaturated/α-hetero) is 1. The second-order valence-corrected chi connectivity index (χ2v) is 2.88. The molecule has 0 aliphatic rings. The van der Waals surface area contributed by atoms with Crippen LogP contribution in [-0.2, 0) is 0 Å². The molecule has 0 heterocycles. The minimum absolute atomic E-state index is 0.0129. The minimum atomic E-state index is 0.0129. The van der Waals surface area contributed by atoms with E-state index in [2.05, 4.69) is 11.8 Å². The van der Waals surface area contributed by atoms with Crippen LogP contribution in [0.15, 0.2) is 24.3 Å². The summed E-state index contributed by atoms with van der Waals surface area (Å²) >= 11 is 0. The first-order valence-corrected chi connectivity index (χ1v) is 4.45. The third kappa shape index (κ3) is 2.72. The first-order valence-electron chi connectivity index (χ1n) is 4.45. The van der Waals surface area contributed by atoms with Gasteiger partial charge in [-0.1, -0.05) is 30.0 Å². The topological polar surface area (TPSA) is 37.3 Å². The number of aliphatic hydroxyl groups excluding tert-OH is 1. The van der Waals surface area contributed by atoms with Gasteiger partial charge in [0.15, 0.2) is 5.78 Å². The lowest BCUT2D eigenvalue weighted by Gasteiger charge is -1.97. The molecule has 1 aromatic rings. The van der Waals surface area contributed by atoms with E-state index in [0.717, 1.165) is 5.56 Å². The van der Waals surface area contributed by atoms with Crippen molar-refractivity contribution in [3.63, 3.8) is 0 Å². The van der Waals surface area contributed by atoms with Gasteiger partial charge in [0.05, 0.1) is 6.61 Å². The molecule has 0 radical (unpaired) electrons. The molecule has 0 amide bonds. The molecule has 0 saturated heterocycles. The third-order valence-corrected chi connectivity index (χ3v) is 1.77. The molecule has 0 atom stereocenters. The average Bonchev–Trinajstić information content (AvgIpc) is 2.19. The zero-order valence-corrected chi connectivity index (χ0v) is 8.08. The fraction of sp³-hybridized carbons (Fsp3) is 0.250. The van der Waals surface area contributed by atoms with Crippen LogP contribution in [-0.4, -0.2) is 17.5 Å². The van der Waals surface area contributed by atoms with E-state index in [-0.39, 0.29) is 12.4 Å². The normalized spacial score (nSPS) is 9.00. The maximum atomic E-state index is 11.2. The molecule has 1 rings (SSSR count). The first-order chi connectivity index (χ1) is 6.75. The Morgan fingerprint density at radius 3 is 2.79 bits per heavy atom. The SMILES string of the molecule is CC(=O)c1ccccc1C#CCCO. The van der Waals surface area contributed by atoms with Crippen LogP contribution in [0.1, 0.15) is 29.3 Å². The summed E-state index contributed by atoms with van der Waals surface area (Å²) in [5.74, 6) is 5.67. The molecule has 0 bridgehead atoms. The summed E-state index contributed by atoms with van der Waals surface area (Å²) in [6.07, 6.45) is 0.437. The summed E-state index contributed by atoms with van der Waals surface area (Å²) < 4.78 is 0. The number of rotatable bonds is 2. The Morgan fingerprint density at radius 1 is 1.43 bits per heavy atom. The molecule has 72 valence electrons. The predicted molar refractivity (Wildman–Crippen MR) is 55.0 cm³/mol. The second-order valence-electron chi connectivity index (χ2n) is 2.88. The molecule has 0 fully saturated rings. The van der Waals surface area contributed by atoms with Crippen LogP contribution in [0.2, 0.25) is 0 Å². The van der Waals surface area contributed by atoms with E-state index in [1.165, 1.54) is 6.92 Å². The first kappa shape index (κ1) is 10.5. The highest BCUT2D eigenvalue weighted by molar-refractivity contribution is 5.96. The van der Waals surface area contributed by atoms with E-state index in [1.54, 1.807) is 12.1 Å². The predicted octanol–water partition coefficient (Wildman–Crippen LogP) is 1.62. The van der Waals surface area contributed by atoms with Crippen molar-refractivity contribution in [2.75, 3.05) is 6.61 Å². The Hall–Kier alpha value is -1.59. The van der Waals surface area contributed by atoms with Crippen molar-refractivity contribution in [1.29, 1.82) is 0 Å². The molecule has 1 aromatic carbocycles. The lowest BCUT2D eigenvalue weighted by molar-refractivity contribution is 0.101. The van der Waals surface area contributed by atoms with Gasteiger partial charge in [0.25, 0.3) is 0 Å². The minimum Gasteiger partial charge on any atom is -0.395 e. The van der Waals surface area contributed by atoms with Gasteiger partial charge >= 0.3 is 0 Å². The molecule has 0 spiro atoms.